The van der Waals surface area contributed by atoms with Crippen LogP contribution < -0.4 is 5.32 Å². The van der Waals surface area contributed by atoms with Crippen molar-refractivity contribution in [2.75, 3.05) is 5.32 Å². The van der Waals surface area contributed by atoms with Gasteiger partial charge in [-0.25, -0.2) is 0 Å². The molecule has 1 heterocycles. The maximum Gasteiger partial charge on any atom is 0.159 e. The van der Waals surface area contributed by atoms with Crippen LogP contribution in [0.5, 0.6) is 0 Å². The third-order valence-corrected chi connectivity index (χ3v) is 3.96. The monoisotopic (exact) mass is 277 g/mol. The molecule has 1 aromatic heterocycles. The van der Waals surface area contributed by atoms with Gasteiger partial charge in [-0.1, -0.05) is 35.9 Å². The van der Waals surface area contributed by atoms with Crippen LogP contribution in [0, 0.1) is 0 Å². The van der Waals surface area contributed by atoms with Gasteiger partial charge in [-0.15, -0.1) is 10.2 Å². The Morgan fingerprint density at radius 3 is 2.47 bits per heavy atom. The predicted octanol–water partition coefficient (Wildman–Crippen LogP) is 3.00. The van der Waals surface area contributed by atoms with Gasteiger partial charge in [0, 0.05) is 16.8 Å². The highest BCUT2D eigenvalue weighted by molar-refractivity contribution is 6.34. The number of benzene rings is 1. The average Bonchev–Trinajstić information content (AvgIpc) is 2.45. The predicted molar refractivity (Wildman–Crippen MR) is 76.4 cm³/mol. The summed E-state index contributed by atoms with van der Waals surface area (Å²) in [5.41, 5.74) is 0. The third kappa shape index (κ3) is 2.65. The summed E-state index contributed by atoms with van der Waals surface area (Å²) in [6, 6.07) is 8.20. The van der Waals surface area contributed by atoms with Gasteiger partial charge < -0.3 is 10.4 Å². The number of fused-ring (bicyclic) bond motifs is 1. The van der Waals surface area contributed by atoms with E-state index in [1.54, 1.807) is 0 Å². The van der Waals surface area contributed by atoms with Gasteiger partial charge in [0.1, 0.15) is 0 Å². The second-order valence-electron chi connectivity index (χ2n) is 5.03. The average molecular weight is 278 g/mol. The highest BCUT2D eigenvalue weighted by Crippen LogP contribution is 2.28. The number of hydrogen-bond donors (Lipinski definition) is 2. The van der Waals surface area contributed by atoms with Crippen LogP contribution in [-0.4, -0.2) is 27.4 Å². The molecule has 0 amide bonds. The summed E-state index contributed by atoms with van der Waals surface area (Å²) in [7, 11) is 0. The molecule has 2 aromatic rings. The van der Waals surface area contributed by atoms with Crippen molar-refractivity contribution >= 4 is 28.2 Å². The number of nitrogens with zero attached hydrogens (tertiary/aromatic N) is 2. The Labute approximate surface area is 116 Å². The summed E-state index contributed by atoms with van der Waals surface area (Å²) in [4.78, 5) is 0. The van der Waals surface area contributed by atoms with Gasteiger partial charge in [0.15, 0.2) is 11.0 Å². The van der Waals surface area contributed by atoms with E-state index in [0.717, 1.165) is 42.3 Å². The van der Waals surface area contributed by atoms with Crippen molar-refractivity contribution in [2.45, 2.75) is 37.8 Å². The summed E-state index contributed by atoms with van der Waals surface area (Å²) in [6.07, 6.45) is 3.46. The van der Waals surface area contributed by atoms with E-state index in [0.29, 0.717) is 11.2 Å². The number of aliphatic hydroxyl groups is 1. The van der Waals surface area contributed by atoms with E-state index < -0.39 is 0 Å². The molecule has 1 aliphatic rings. The highest BCUT2D eigenvalue weighted by Gasteiger charge is 2.20. The molecular weight excluding hydrogens is 262 g/mol. The zero-order valence-corrected chi connectivity index (χ0v) is 11.3. The van der Waals surface area contributed by atoms with Crippen molar-refractivity contribution in [3.8, 4) is 0 Å². The quantitative estimate of drug-likeness (QED) is 0.886. The molecule has 1 saturated carbocycles. The van der Waals surface area contributed by atoms with Crippen molar-refractivity contribution in [3.05, 3.63) is 29.4 Å². The summed E-state index contributed by atoms with van der Waals surface area (Å²) < 4.78 is 0. The molecule has 1 fully saturated rings. The first-order chi connectivity index (χ1) is 9.24. The summed E-state index contributed by atoms with van der Waals surface area (Å²) in [5.74, 6) is 0.779. The standard InChI is InChI=1S/C14H16ClN3O/c15-13-11-3-1-2-4-12(11)14(18-17-13)16-9-5-7-10(19)8-6-9/h1-4,9-10,19H,5-8H2,(H,16,18). The van der Waals surface area contributed by atoms with Crippen molar-refractivity contribution in [1.29, 1.82) is 0 Å². The van der Waals surface area contributed by atoms with E-state index in [1.165, 1.54) is 0 Å². The number of aromatic nitrogens is 2. The number of rotatable bonds is 2. The molecule has 2 N–H and O–H groups in total. The number of halogens is 1. The molecule has 5 heteroatoms. The van der Waals surface area contributed by atoms with E-state index in [1.807, 2.05) is 24.3 Å². The Bertz CT molecular complexity index is 582. The van der Waals surface area contributed by atoms with E-state index in [4.69, 9.17) is 11.6 Å². The maximum atomic E-state index is 9.53. The molecule has 0 unspecified atom stereocenters. The Balaban J connectivity index is 1.87. The van der Waals surface area contributed by atoms with E-state index in [-0.39, 0.29) is 6.10 Å². The lowest BCUT2D eigenvalue weighted by molar-refractivity contribution is 0.126. The summed E-state index contributed by atoms with van der Waals surface area (Å²) in [6.45, 7) is 0. The Morgan fingerprint density at radius 1 is 1.05 bits per heavy atom. The molecule has 4 nitrogen and oxygen atoms in total. The van der Waals surface area contributed by atoms with Gasteiger partial charge >= 0.3 is 0 Å². The van der Waals surface area contributed by atoms with Crippen LogP contribution in [0.4, 0.5) is 5.82 Å². The Morgan fingerprint density at radius 2 is 1.74 bits per heavy atom. The molecule has 19 heavy (non-hydrogen) atoms. The third-order valence-electron chi connectivity index (χ3n) is 3.68. The first kappa shape index (κ1) is 12.6. The molecule has 1 aliphatic carbocycles. The molecule has 3 rings (SSSR count). The second-order valence-corrected chi connectivity index (χ2v) is 5.39. The topological polar surface area (TPSA) is 58.0 Å². The number of hydrogen-bond acceptors (Lipinski definition) is 4. The number of aliphatic hydroxyl groups excluding tert-OH is 1. The summed E-state index contributed by atoms with van der Waals surface area (Å²) >= 11 is 6.06. The van der Waals surface area contributed by atoms with Crippen molar-refractivity contribution in [1.82, 2.24) is 10.2 Å². The lowest BCUT2D eigenvalue weighted by atomic mass is 9.93. The lowest BCUT2D eigenvalue weighted by Gasteiger charge is -2.26. The molecule has 0 atom stereocenters. The Kier molecular flexibility index (Phi) is 3.53. The fourth-order valence-corrected chi connectivity index (χ4v) is 2.79. The van der Waals surface area contributed by atoms with Crippen molar-refractivity contribution in [2.24, 2.45) is 0 Å². The van der Waals surface area contributed by atoms with Crippen molar-refractivity contribution < 1.29 is 5.11 Å². The molecule has 0 saturated heterocycles. The second kappa shape index (κ2) is 5.31. The molecule has 1 aromatic carbocycles. The zero-order chi connectivity index (χ0) is 13.2. The number of anilines is 1. The molecule has 0 radical (unpaired) electrons. The highest BCUT2D eigenvalue weighted by atomic mass is 35.5. The van der Waals surface area contributed by atoms with Crippen LogP contribution in [0.1, 0.15) is 25.7 Å². The minimum absolute atomic E-state index is 0.147. The molecule has 100 valence electrons. The van der Waals surface area contributed by atoms with Crippen molar-refractivity contribution in [3.63, 3.8) is 0 Å². The lowest BCUT2D eigenvalue weighted by Crippen LogP contribution is -2.28. The fraction of sp³-hybridized carbons (Fsp3) is 0.429. The van der Waals surface area contributed by atoms with Crippen LogP contribution in [0.15, 0.2) is 24.3 Å². The molecule has 0 bridgehead atoms. The van der Waals surface area contributed by atoms with Gasteiger partial charge in [0.05, 0.1) is 6.10 Å². The molecular formula is C14H16ClN3O. The number of nitrogens with one attached hydrogen (secondary N) is 1. The van der Waals surface area contributed by atoms with Gasteiger partial charge in [-0.3, -0.25) is 0 Å². The SMILES string of the molecule is OC1CCC(Nc2nnc(Cl)c3ccccc23)CC1. The van der Waals surface area contributed by atoms with Gasteiger partial charge in [0.25, 0.3) is 0 Å². The maximum absolute atomic E-state index is 9.53. The normalized spacial score (nSPS) is 23.5. The van der Waals surface area contributed by atoms with Gasteiger partial charge in [-0.2, -0.15) is 0 Å². The Hall–Kier alpha value is -1.39. The van der Waals surface area contributed by atoms with Gasteiger partial charge in [-0.05, 0) is 25.7 Å². The fourth-order valence-electron chi connectivity index (χ4n) is 2.59. The first-order valence-corrected chi connectivity index (χ1v) is 6.97. The van der Waals surface area contributed by atoms with Crippen LogP contribution in [0.3, 0.4) is 0 Å². The van der Waals surface area contributed by atoms with Crippen LogP contribution >= 0.6 is 11.6 Å². The van der Waals surface area contributed by atoms with Crippen LogP contribution in [0.2, 0.25) is 5.15 Å². The van der Waals surface area contributed by atoms with Crippen LogP contribution in [-0.2, 0) is 0 Å². The minimum atomic E-state index is -0.147. The summed E-state index contributed by atoms with van der Waals surface area (Å²) in [5, 5.41) is 23.5. The molecule has 0 spiro atoms. The largest absolute Gasteiger partial charge is 0.393 e. The van der Waals surface area contributed by atoms with E-state index in [9.17, 15) is 5.11 Å². The van der Waals surface area contributed by atoms with E-state index in [2.05, 4.69) is 15.5 Å². The first-order valence-electron chi connectivity index (χ1n) is 6.59. The van der Waals surface area contributed by atoms with Crippen LogP contribution in [0.25, 0.3) is 10.8 Å². The minimum Gasteiger partial charge on any atom is -0.393 e. The zero-order valence-electron chi connectivity index (χ0n) is 10.5. The smallest absolute Gasteiger partial charge is 0.159 e. The van der Waals surface area contributed by atoms with Gasteiger partial charge in [0.2, 0.25) is 0 Å². The van der Waals surface area contributed by atoms with E-state index >= 15 is 0 Å². The molecule has 0 aliphatic heterocycles.